The van der Waals surface area contributed by atoms with Crippen molar-refractivity contribution in [2.45, 2.75) is 19.9 Å². The Hall–Kier alpha value is -1.89. The Labute approximate surface area is 88.9 Å². The van der Waals surface area contributed by atoms with Gasteiger partial charge in [0.05, 0.1) is 17.8 Å². The molecule has 2 atom stereocenters. The normalized spacial score (nSPS) is 13.7. The molecular weight excluding hydrogens is 190 g/mol. The maximum absolute atomic E-state index is 11.4. The Bertz CT molecular complexity index is 369. The van der Waals surface area contributed by atoms with Crippen LogP contribution in [0.2, 0.25) is 0 Å². The quantitative estimate of drug-likeness (QED) is 0.807. The van der Waals surface area contributed by atoms with E-state index in [0.29, 0.717) is 0 Å². The highest BCUT2D eigenvalue weighted by molar-refractivity contribution is 5.80. The highest BCUT2D eigenvalue weighted by Crippen LogP contribution is 2.08. The van der Waals surface area contributed by atoms with Crippen molar-refractivity contribution in [1.82, 2.24) is 10.3 Å². The molecule has 4 nitrogen and oxygen atoms in total. The lowest BCUT2D eigenvalue weighted by Crippen LogP contribution is -2.31. The van der Waals surface area contributed by atoms with E-state index >= 15 is 0 Å². The third-order valence-electron chi connectivity index (χ3n) is 2.08. The predicted molar refractivity (Wildman–Crippen MR) is 55.6 cm³/mol. The lowest BCUT2D eigenvalue weighted by atomic mass is 10.1. The third-order valence-corrected chi connectivity index (χ3v) is 2.08. The Balaban J connectivity index is 2.61. The predicted octanol–water partition coefficient (Wildman–Crippen LogP) is 1.42. The molecule has 0 bridgehead atoms. The topological polar surface area (TPSA) is 65.8 Å². The first-order valence-electron chi connectivity index (χ1n) is 4.76. The van der Waals surface area contributed by atoms with Crippen LogP contribution in [0.5, 0.6) is 0 Å². The van der Waals surface area contributed by atoms with Gasteiger partial charge >= 0.3 is 0 Å². The number of carbonyl (C=O) groups excluding carboxylic acids is 1. The van der Waals surface area contributed by atoms with Crippen LogP contribution in [0.3, 0.4) is 0 Å². The van der Waals surface area contributed by atoms with Crippen molar-refractivity contribution in [3.05, 3.63) is 30.1 Å². The number of pyridine rings is 1. The van der Waals surface area contributed by atoms with E-state index in [1.54, 1.807) is 13.1 Å². The van der Waals surface area contributed by atoms with Crippen LogP contribution in [0.25, 0.3) is 0 Å². The van der Waals surface area contributed by atoms with Crippen LogP contribution in [0.15, 0.2) is 24.4 Å². The molecule has 78 valence electrons. The summed E-state index contributed by atoms with van der Waals surface area (Å²) in [6.45, 7) is 3.41. The summed E-state index contributed by atoms with van der Waals surface area (Å²) in [5.74, 6) is -0.896. The number of nitriles is 1. The zero-order valence-electron chi connectivity index (χ0n) is 8.77. The smallest absolute Gasteiger partial charge is 0.237 e. The Morgan fingerprint density at radius 1 is 1.53 bits per heavy atom. The minimum Gasteiger partial charge on any atom is -0.347 e. The highest BCUT2D eigenvalue weighted by Gasteiger charge is 2.15. The number of carbonyl (C=O) groups is 1. The molecule has 0 saturated heterocycles. The van der Waals surface area contributed by atoms with E-state index in [1.165, 1.54) is 0 Å². The second kappa shape index (κ2) is 5.11. The number of rotatable bonds is 3. The molecule has 1 N–H and O–H groups in total. The average Bonchev–Trinajstić information content (AvgIpc) is 2.29. The van der Waals surface area contributed by atoms with E-state index in [2.05, 4.69) is 10.3 Å². The average molecular weight is 203 g/mol. The van der Waals surface area contributed by atoms with Gasteiger partial charge in [-0.1, -0.05) is 6.07 Å². The second-order valence-corrected chi connectivity index (χ2v) is 3.34. The minimum absolute atomic E-state index is 0.172. The van der Waals surface area contributed by atoms with Crippen molar-refractivity contribution in [3.8, 4) is 6.07 Å². The first kappa shape index (κ1) is 11.2. The molecule has 1 aromatic rings. The Kier molecular flexibility index (Phi) is 3.81. The molecule has 1 heterocycles. The molecule has 0 aromatic carbocycles. The molecule has 0 radical (unpaired) electrons. The molecule has 15 heavy (non-hydrogen) atoms. The fraction of sp³-hybridized carbons (Fsp3) is 0.364. The van der Waals surface area contributed by atoms with Crippen LogP contribution in [0.4, 0.5) is 0 Å². The first-order chi connectivity index (χ1) is 7.15. The maximum atomic E-state index is 11.4. The van der Waals surface area contributed by atoms with Crippen LogP contribution in [0, 0.1) is 17.2 Å². The van der Waals surface area contributed by atoms with E-state index in [4.69, 9.17) is 5.26 Å². The van der Waals surface area contributed by atoms with Gasteiger partial charge in [0.1, 0.15) is 5.92 Å². The molecule has 0 aliphatic heterocycles. The van der Waals surface area contributed by atoms with Crippen LogP contribution < -0.4 is 5.32 Å². The van der Waals surface area contributed by atoms with Gasteiger partial charge in [-0.3, -0.25) is 9.78 Å². The summed E-state index contributed by atoms with van der Waals surface area (Å²) >= 11 is 0. The molecule has 0 aliphatic rings. The molecule has 1 amide bonds. The van der Waals surface area contributed by atoms with Crippen LogP contribution in [0.1, 0.15) is 25.6 Å². The number of nitrogens with one attached hydrogen (secondary N) is 1. The van der Waals surface area contributed by atoms with E-state index in [9.17, 15) is 4.79 Å². The van der Waals surface area contributed by atoms with E-state index in [1.807, 2.05) is 31.2 Å². The van der Waals surface area contributed by atoms with Gasteiger partial charge in [-0.05, 0) is 26.0 Å². The summed E-state index contributed by atoms with van der Waals surface area (Å²) in [6.07, 6.45) is 1.67. The van der Waals surface area contributed by atoms with E-state index < -0.39 is 5.92 Å². The zero-order chi connectivity index (χ0) is 11.3. The molecule has 0 saturated carbocycles. The zero-order valence-corrected chi connectivity index (χ0v) is 8.77. The molecule has 1 rings (SSSR count). The highest BCUT2D eigenvalue weighted by atomic mass is 16.1. The summed E-state index contributed by atoms with van der Waals surface area (Å²) in [6, 6.07) is 7.23. The SMILES string of the molecule is CC(C#N)C(=O)NC(C)c1ccccn1. The van der Waals surface area contributed by atoms with Crippen LogP contribution >= 0.6 is 0 Å². The van der Waals surface area contributed by atoms with Gasteiger partial charge < -0.3 is 5.32 Å². The number of nitrogens with zero attached hydrogens (tertiary/aromatic N) is 2. The van der Waals surface area contributed by atoms with Crippen LogP contribution in [-0.2, 0) is 4.79 Å². The van der Waals surface area contributed by atoms with Gasteiger partial charge in [0.2, 0.25) is 5.91 Å². The Morgan fingerprint density at radius 2 is 2.27 bits per heavy atom. The summed E-state index contributed by atoms with van der Waals surface area (Å²) in [5.41, 5.74) is 0.788. The van der Waals surface area contributed by atoms with E-state index in [-0.39, 0.29) is 11.9 Å². The molecular formula is C11H13N3O. The fourth-order valence-corrected chi connectivity index (χ4v) is 1.10. The van der Waals surface area contributed by atoms with Gasteiger partial charge in [0, 0.05) is 6.20 Å². The first-order valence-corrected chi connectivity index (χ1v) is 4.76. The number of hydrogen-bond acceptors (Lipinski definition) is 3. The van der Waals surface area contributed by atoms with Crippen LogP contribution in [-0.4, -0.2) is 10.9 Å². The number of amides is 1. The Morgan fingerprint density at radius 3 is 2.80 bits per heavy atom. The van der Waals surface area contributed by atoms with Crippen molar-refractivity contribution in [2.24, 2.45) is 5.92 Å². The lowest BCUT2D eigenvalue weighted by molar-refractivity contribution is -0.123. The summed E-state index contributed by atoms with van der Waals surface area (Å²) < 4.78 is 0. The van der Waals surface area contributed by atoms with Crippen molar-refractivity contribution in [1.29, 1.82) is 5.26 Å². The standard InChI is InChI=1S/C11H13N3O/c1-8(7-12)11(15)14-9(2)10-5-3-4-6-13-10/h3-6,8-9H,1-2H3,(H,14,15). The van der Waals surface area contributed by atoms with Crippen molar-refractivity contribution < 1.29 is 4.79 Å². The van der Waals surface area contributed by atoms with E-state index in [0.717, 1.165) is 5.69 Å². The third kappa shape index (κ3) is 3.06. The second-order valence-electron chi connectivity index (χ2n) is 3.34. The molecule has 4 heteroatoms. The number of hydrogen-bond donors (Lipinski definition) is 1. The molecule has 0 fully saturated rings. The minimum atomic E-state index is -0.629. The van der Waals surface area contributed by atoms with Crippen molar-refractivity contribution >= 4 is 5.91 Å². The van der Waals surface area contributed by atoms with Gasteiger partial charge in [0.15, 0.2) is 0 Å². The van der Waals surface area contributed by atoms with Gasteiger partial charge in [-0.15, -0.1) is 0 Å². The van der Waals surface area contributed by atoms with Crippen molar-refractivity contribution in [2.75, 3.05) is 0 Å². The number of aromatic nitrogens is 1. The molecule has 1 aromatic heterocycles. The van der Waals surface area contributed by atoms with Gasteiger partial charge in [-0.25, -0.2) is 0 Å². The molecule has 2 unspecified atom stereocenters. The molecule has 0 aliphatic carbocycles. The van der Waals surface area contributed by atoms with Gasteiger partial charge in [-0.2, -0.15) is 5.26 Å². The lowest BCUT2D eigenvalue weighted by Gasteiger charge is -2.13. The maximum Gasteiger partial charge on any atom is 0.237 e. The largest absolute Gasteiger partial charge is 0.347 e. The van der Waals surface area contributed by atoms with Gasteiger partial charge in [0.25, 0.3) is 0 Å². The fourth-order valence-electron chi connectivity index (χ4n) is 1.10. The van der Waals surface area contributed by atoms with Crippen molar-refractivity contribution in [3.63, 3.8) is 0 Å². The summed E-state index contributed by atoms with van der Waals surface area (Å²) in [5, 5.41) is 11.3. The summed E-state index contributed by atoms with van der Waals surface area (Å²) in [7, 11) is 0. The molecule has 0 spiro atoms. The monoisotopic (exact) mass is 203 g/mol. The summed E-state index contributed by atoms with van der Waals surface area (Å²) in [4.78, 5) is 15.5.